The van der Waals surface area contributed by atoms with Crippen LogP contribution in [0.2, 0.25) is 0 Å². The molecule has 0 radical (unpaired) electrons. The molecule has 1 fully saturated rings. The Morgan fingerprint density at radius 1 is 1.21 bits per heavy atom. The fraction of sp³-hybridized carbons (Fsp3) is 0.238. The number of rotatable bonds is 5. The molecule has 148 valence electrons. The molecule has 0 saturated carbocycles. The second-order valence-corrected chi connectivity index (χ2v) is 6.98. The molecule has 2 aromatic carbocycles. The molecule has 7 nitrogen and oxygen atoms in total. The van der Waals surface area contributed by atoms with Crippen molar-refractivity contribution in [1.29, 1.82) is 0 Å². The molecule has 1 atom stereocenters. The molecule has 1 unspecified atom stereocenters. The maximum Gasteiger partial charge on any atom is 0.322 e. The van der Waals surface area contributed by atoms with Crippen molar-refractivity contribution in [2.75, 3.05) is 16.8 Å². The standard InChI is InChI=1S/C21H19FN4O3/c1-13-4-2-3-5-14(13)10-18(27)23-21-25-24-20(29-21)15-11-19(28)26(12-15)17-8-6-16(22)7-9-17/h2-9,15H,10-12H2,1H3,(H,23,25,27). The Balaban J connectivity index is 1.40. The number of hydrogen-bond acceptors (Lipinski definition) is 5. The molecule has 2 heterocycles. The van der Waals surface area contributed by atoms with Crippen molar-refractivity contribution >= 4 is 23.5 Å². The zero-order chi connectivity index (χ0) is 20.4. The van der Waals surface area contributed by atoms with Gasteiger partial charge in [0.2, 0.25) is 17.7 Å². The van der Waals surface area contributed by atoms with Crippen LogP contribution in [0.4, 0.5) is 16.1 Å². The van der Waals surface area contributed by atoms with E-state index in [1.54, 1.807) is 17.0 Å². The third-order valence-corrected chi connectivity index (χ3v) is 4.91. The van der Waals surface area contributed by atoms with E-state index in [0.29, 0.717) is 12.2 Å². The van der Waals surface area contributed by atoms with Crippen molar-refractivity contribution in [2.45, 2.75) is 25.7 Å². The van der Waals surface area contributed by atoms with Crippen molar-refractivity contribution in [3.05, 3.63) is 71.4 Å². The van der Waals surface area contributed by atoms with Crippen LogP contribution in [-0.2, 0) is 16.0 Å². The lowest BCUT2D eigenvalue weighted by atomic mass is 10.1. The van der Waals surface area contributed by atoms with E-state index in [4.69, 9.17) is 4.42 Å². The maximum absolute atomic E-state index is 13.1. The first-order valence-electron chi connectivity index (χ1n) is 9.23. The number of benzene rings is 2. The number of anilines is 2. The Kier molecular flexibility index (Phi) is 5.07. The lowest BCUT2D eigenvalue weighted by Crippen LogP contribution is -2.24. The van der Waals surface area contributed by atoms with E-state index in [1.165, 1.54) is 12.1 Å². The highest BCUT2D eigenvalue weighted by Crippen LogP contribution is 2.31. The SMILES string of the molecule is Cc1ccccc1CC(=O)Nc1nnc(C2CC(=O)N(c3ccc(F)cc3)C2)o1. The van der Waals surface area contributed by atoms with E-state index in [2.05, 4.69) is 15.5 Å². The summed E-state index contributed by atoms with van der Waals surface area (Å²) in [7, 11) is 0. The number of hydrogen-bond donors (Lipinski definition) is 1. The average molecular weight is 394 g/mol. The summed E-state index contributed by atoms with van der Waals surface area (Å²) in [6.45, 7) is 2.29. The zero-order valence-corrected chi connectivity index (χ0v) is 15.8. The minimum atomic E-state index is -0.361. The molecule has 3 aromatic rings. The Morgan fingerprint density at radius 2 is 1.97 bits per heavy atom. The summed E-state index contributed by atoms with van der Waals surface area (Å²) in [5.41, 5.74) is 2.56. The first kappa shape index (κ1) is 18.8. The van der Waals surface area contributed by atoms with Crippen molar-refractivity contribution in [3.63, 3.8) is 0 Å². The Bertz CT molecular complexity index is 1050. The number of nitrogens with zero attached hydrogens (tertiary/aromatic N) is 3. The molecule has 1 N–H and O–H groups in total. The largest absolute Gasteiger partial charge is 0.407 e. The van der Waals surface area contributed by atoms with Gasteiger partial charge in [-0.2, -0.15) is 0 Å². The van der Waals surface area contributed by atoms with Crippen LogP contribution >= 0.6 is 0 Å². The highest BCUT2D eigenvalue weighted by atomic mass is 19.1. The summed E-state index contributed by atoms with van der Waals surface area (Å²) in [5, 5.41) is 10.5. The van der Waals surface area contributed by atoms with Gasteiger partial charge in [0.1, 0.15) is 5.82 Å². The van der Waals surface area contributed by atoms with E-state index in [-0.39, 0.29) is 48.3 Å². The van der Waals surface area contributed by atoms with E-state index in [0.717, 1.165) is 11.1 Å². The molecule has 4 rings (SSSR count). The molecule has 0 spiro atoms. The normalized spacial score (nSPS) is 16.3. The number of nitrogens with one attached hydrogen (secondary N) is 1. The summed E-state index contributed by atoms with van der Waals surface area (Å²) in [6, 6.07) is 13.4. The summed E-state index contributed by atoms with van der Waals surface area (Å²) in [6.07, 6.45) is 0.404. The number of carbonyl (C=O) groups is 2. The minimum absolute atomic E-state index is 0.00580. The molecule has 29 heavy (non-hydrogen) atoms. The first-order valence-corrected chi connectivity index (χ1v) is 9.23. The van der Waals surface area contributed by atoms with Crippen LogP contribution < -0.4 is 10.2 Å². The van der Waals surface area contributed by atoms with Crippen LogP contribution in [0.3, 0.4) is 0 Å². The molecular weight excluding hydrogens is 375 g/mol. The third kappa shape index (κ3) is 4.16. The Morgan fingerprint density at radius 3 is 2.72 bits per heavy atom. The van der Waals surface area contributed by atoms with Gasteiger partial charge in [-0.3, -0.25) is 14.9 Å². The van der Waals surface area contributed by atoms with Gasteiger partial charge in [0.25, 0.3) is 0 Å². The number of amides is 2. The molecular formula is C21H19FN4O3. The molecule has 8 heteroatoms. The van der Waals surface area contributed by atoms with Gasteiger partial charge in [-0.1, -0.05) is 29.4 Å². The van der Waals surface area contributed by atoms with Gasteiger partial charge in [0, 0.05) is 18.7 Å². The van der Waals surface area contributed by atoms with Crippen molar-refractivity contribution in [1.82, 2.24) is 10.2 Å². The van der Waals surface area contributed by atoms with E-state index < -0.39 is 0 Å². The first-order chi connectivity index (χ1) is 14.0. The minimum Gasteiger partial charge on any atom is -0.407 e. The number of halogens is 1. The Labute approximate surface area is 166 Å². The van der Waals surface area contributed by atoms with Crippen LogP contribution in [0.15, 0.2) is 52.9 Å². The fourth-order valence-corrected chi connectivity index (χ4v) is 3.34. The van der Waals surface area contributed by atoms with E-state index in [1.807, 2.05) is 31.2 Å². The average Bonchev–Trinajstić information content (AvgIpc) is 3.31. The number of aromatic nitrogens is 2. The van der Waals surface area contributed by atoms with Crippen molar-refractivity contribution in [2.24, 2.45) is 0 Å². The van der Waals surface area contributed by atoms with Gasteiger partial charge >= 0.3 is 6.01 Å². The Hall–Kier alpha value is -3.55. The molecule has 0 bridgehead atoms. The highest BCUT2D eigenvalue weighted by Gasteiger charge is 2.35. The van der Waals surface area contributed by atoms with Gasteiger partial charge in [-0.05, 0) is 42.3 Å². The van der Waals surface area contributed by atoms with E-state index >= 15 is 0 Å². The maximum atomic E-state index is 13.1. The second kappa shape index (κ2) is 7.83. The van der Waals surface area contributed by atoms with E-state index in [9.17, 15) is 14.0 Å². The van der Waals surface area contributed by atoms with Gasteiger partial charge in [-0.25, -0.2) is 4.39 Å². The number of carbonyl (C=O) groups excluding carboxylic acids is 2. The van der Waals surface area contributed by atoms with Crippen molar-refractivity contribution < 1.29 is 18.4 Å². The van der Waals surface area contributed by atoms with Crippen LogP contribution in [0.25, 0.3) is 0 Å². The summed E-state index contributed by atoms with van der Waals surface area (Å²) < 4.78 is 18.7. The lowest BCUT2D eigenvalue weighted by Gasteiger charge is -2.15. The molecule has 1 aliphatic rings. The number of aryl methyl sites for hydroxylation is 1. The topological polar surface area (TPSA) is 88.3 Å². The highest BCUT2D eigenvalue weighted by molar-refractivity contribution is 5.96. The molecule has 1 saturated heterocycles. The fourth-order valence-electron chi connectivity index (χ4n) is 3.34. The third-order valence-electron chi connectivity index (χ3n) is 4.91. The smallest absolute Gasteiger partial charge is 0.322 e. The van der Waals surface area contributed by atoms with Crippen LogP contribution in [0, 0.1) is 12.7 Å². The predicted molar refractivity (Wildman–Crippen MR) is 104 cm³/mol. The lowest BCUT2D eigenvalue weighted by molar-refractivity contribution is -0.117. The van der Waals surface area contributed by atoms with Crippen molar-refractivity contribution in [3.8, 4) is 0 Å². The second-order valence-electron chi connectivity index (χ2n) is 6.98. The molecule has 0 aliphatic carbocycles. The van der Waals surface area contributed by atoms with Gasteiger partial charge in [0.15, 0.2) is 0 Å². The molecule has 1 aliphatic heterocycles. The van der Waals surface area contributed by atoms with Crippen LogP contribution in [0.1, 0.15) is 29.4 Å². The summed E-state index contributed by atoms with van der Waals surface area (Å²) in [4.78, 5) is 26.1. The quantitative estimate of drug-likeness (QED) is 0.718. The summed E-state index contributed by atoms with van der Waals surface area (Å²) in [5.74, 6) is -0.731. The summed E-state index contributed by atoms with van der Waals surface area (Å²) >= 11 is 0. The van der Waals surface area contributed by atoms with Gasteiger partial charge < -0.3 is 9.32 Å². The van der Waals surface area contributed by atoms with Gasteiger partial charge in [0.05, 0.1) is 12.3 Å². The van der Waals surface area contributed by atoms with Crippen LogP contribution in [0.5, 0.6) is 0 Å². The monoisotopic (exact) mass is 394 g/mol. The zero-order valence-electron chi connectivity index (χ0n) is 15.8. The predicted octanol–water partition coefficient (Wildman–Crippen LogP) is 3.22. The molecule has 1 aromatic heterocycles. The van der Waals surface area contributed by atoms with Gasteiger partial charge in [-0.15, -0.1) is 5.10 Å². The van der Waals surface area contributed by atoms with Crippen LogP contribution in [-0.4, -0.2) is 28.6 Å². The molecule has 2 amide bonds.